The minimum atomic E-state index is -3.00. The molecule has 1 aromatic rings. The van der Waals surface area contributed by atoms with Gasteiger partial charge in [0.05, 0.1) is 22.2 Å². The number of nitrogens with one attached hydrogen (secondary N) is 1. The van der Waals surface area contributed by atoms with Crippen molar-refractivity contribution in [1.82, 2.24) is 4.90 Å². The molecule has 1 N–H and O–H groups in total. The molecule has 1 heterocycles. The van der Waals surface area contributed by atoms with Crippen LogP contribution in [0.3, 0.4) is 0 Å². The zero-order valence-corrected chi connectivity index (χ0v) is 12.0. The number of amides is 2. The van der Waals surface area contributed by atoms with E-state index in [-0.39, 0.29) is 23.6 Å². The molecule has 5 nitrogen and oxygen atoms in total. The molecule has 7 heteroatoms. The first kappa shape index (κ1) is 14.1. The van der Waals surface area contributed by atoms with E-state index in [1.165, 1.54) is 4.90 Å². The summed E-state index contributed by atoms with van der Waals surface area (Å²) >= 11 is 5.95. The summed E-state index contributed by atoms with van der Waals surface area (Å²) in [4.78, 5) is 13.4. The maximum Gasteiger partial charge on any atom is 0.321 e. The fourth-order valence-corrected chi connectivity index (χ4v) is 3.97. The van der Waals surface area contributed by atoms with Crippen LogP contribution in [-0.2, 0) is 9.84 Å². The van der Waals surface area contributed by atoms with E-state index < -0.39 is 9.84 Å². The van der Waals surface area contributed by atoms with Gasteiger partial charge in [-0.3, -0.25) is 0 Å². The van der Waals surface area contributed by atoms with E-state index in [0.29, 0.717) is 17.1 Å². The van der Waals surface area contributed by atoms with Crippen molar-refractivity contribution >= 4 is 33.2 Å². The molecule has 0 aromatic heterocycles. The fourth-order valence-electron chi connectivity index (χ4n) is 2.01. The number of urea groups is 1. The highest BCUT2D eigenvalue weighted by Gasteiger charge is 2.32. The average Bonchev–Trinajstić information content (AvgIpc) is 2.71. The Balaban J connectivity index is 2.03. The molecule has 0 radical (unpaired) electrons. The van der Waals surface area contributed by atoms with Crippen molar-refractivity contribution in [2.45, 2.75) is 12.5 Å². The van der Waals surface area contributed by atoms with E-state index in [1.807, 2.05) is 0 Å². The number of sulfone groups is 1. The lowest BCUT2D eigenvalue weighted by Crippen LogP contribution is -2.40. The smallest absolute Gasteiger partial charge is 0.321 e. The van der Waals surface area contributed by atoms with Crippen LogP contribution in [0.1, 0.15) is 6.42 Å². The third-order valence-corrected chi connectivity index (χ3v) is 5.27. The standard InChI is InChI=1S/C12H15ClN2O3S/c1-15(9-6-7-19(17,18)8-9)12(16)14-11-5-3-2-4-10(11)13/h2-5,9H,6-8H2,1H3,(H,14,16). The first-order chi connectivity index (χ1) is 8.89. The van der Waals surface area contributed by atoms with Gasteiger partial charge in [0.1, 0.15) is 0 Å². The van der Waals surface area contributed by atoms with Crippen LogP contribution in [-0.4, -0.2) is 43.9 Å². The second-order valence-corrected chi connectivity index (χ2v) is 7.21. The summed E-state index contributed by atoms with van der Waals surface area (Å²) in [5.41, 5.74) is 0.516. The summed E-state index contributed by atoms with van der Waals surface area (Å²) in [5, 5.41) is 3.12. The summed E-state index contributed by atoms with van der Waals surface area (Å²) in [6.07, 6.45) is 0.481. The third kappa shape index (κ3) is 3.39. The average molecular weight is 303 g/mol. The molecule has 0 saturated carbocycles. The maximum atomic E-state index is 12.0. The summed E-state index contributed by atoms with van der Waals surface area (Å²) in [6.45, 7) is 0. The molecule has 1 fully saturated rings. The molecule has 1 aliphatic rings. The number of nitrogens with zero attached hydrogens (tertiary/aromatic N) is 1. The molecular weight excluding hydrogens is 288 g/mol. The molecule has 0 spiro atoms. The van der Waals surface area contributed by atoms with Gasteiger partial charge in [0.15, 0.2) is 9.84 Å². The fraction of sp³-hybridized carbons (Fsp3) is 0.417. The van der Waals surface area contributed by atoms with Gasteiger partial charge in [-0.1, -0.05) is 23.7 Å². The molecule has 1 aromatic carbocycles. The van der Waals surface area contributed by atoms with E-state index >= 15 is 0 Å². The number of hydrogen-bond acceptors (Lipinski definition) is 3. The second-order valence-electron chi connectivity index (χ2n) is 4.58. The molecule has 19 heavy (non-hydrogen) atoms. The molecule has 1 atom stereocenters. The molecule has 0 bridgehead atoms. The first-order valence-electron chi connectivity index (χ1n) is 5.88. The lowest BCUT2D eigenvalue weighted by atomic mass is 10.2. The van der Waals surface area contributed by atoms with Crippen LogP contribution in [0.25, 0.3) is 0 Å². The molecule has 1 unspecified atom stereocenters. The van der Waals surface area contributed by atoms with Crippen molar-refractivity contribution in [3.63, 3.8) is 0 Å². The van der Waals surface area contributed by atoms with Crippen molar-refractivity contribution < 1.29 is 13.2 Å². The van der Waals surface area contributed by atoms with Gasteiger partial charge in [-0.05, 0) is 18.6 Å². The summed E-state index contributed by atoms with van der Waals surface area (Å²) in [6, 6.07) is 6.28. The topological polar surface area (TPSA) is 66.5 Å². The van der Waals surface area contributed by atoms with Gasteiger partial charge in [0, 0.05) is 13.1 Å². The summed E-state index contributed by atoms with van der Waals surface area (Å²) in [7, 11) is -1.41. The SMILES string of the molecule is CN(C(=O)Nc1ccccc1Cl)C1CCS(=O)(=O)C1. The lowest BCUT2D eigenvalue weighted by molar-refractivity contribution is 0.209. The van der Waals surface area contributed by atoms with Crippen molar-refractivity contribution in [3.05, 3.63) is 29.3 Å². The molecular formula is C12H15ClN2O3S. The Morgan fingerprint density at radius 2 is 2.11 bits per heavy atom. The van der Waals surface area contributed by atoms with Gasteiger partial charge in [-0.25, -0.2) is 13.2 Å². The Labute approximate surface area is 117 Å². The van der Waals surface area contributed by atoms with Crippen molar-refractivity contribution in [2.75, 3.05) is 23.9 Å². The maximum absolute atomic E-state index is 12.0. The molecule has 104 valence electrons. The number of rotatable bonds is 2. The van der Waals surface area contributed by atoms with Gasteiger partial charge >= 0.3 is 6.03 Å². The van der Waals surface area contributed by atoms with E-state index in [1.54, 1.807) is 31.3 Å². The van der Waals surface area contributed by atoms with Crippen LogP contribution in [0.4, 0.5) is 10.5 Å². The molecule has 1 aliphatic heterocycles. The van der Waals surface area contributed by atoms with Crippen LogP contribution in [0.2, 0.25) is 5.02 Å². The predicted molar refractivity (Wildman–Crippen MR) is 75.3 cm³/mol. The molecule has 0 aliphatic carbocycles. The number of hydrogen-bond donors (Lipinski definition) is 1. The minimum Gasteiger partial charge on any atom is -0.324 e. The normalized spacial score (nSPS) is 21.1. The monoisotopic (exact) mass is 302 g/mol. The van der Waals surface area contributed by atoms with Crippen molar-refractivity contribution in [3.8, 4) is 0 Å². The molecule has 2 amide bonds. The number of para-hydroxylation sites is 1. The van der Waals surface area contributed by atoms with Crippen LogP contribution < -0.4 is 5.32 Å². The number of anilines is 1. The van der Waals surface area contributed by atoms with Crippen LogP contribution in [0.15, 0.2) is 24.3 Å². The Morgan fingerprint density at radius 1 is 1.42 bits per heavy atom. The number of benzene rings is 1. The first-order valence-corrected chi connectivity index (χ1v) is 8.08. The highest BCUT2D eigenvalue weighted by Crippen LogP contribution is 2.22. The summed E-state index contributed by atoms with van der Waals surface area (Å²) < 4.78 is 22.8. The van der Waals surface area contributed by atoms with E-state index in [9.17, 15) is 13.2 Å². The van der Waals surface area contributed by atoms with E-state index in [0.717, 1.165) is 0 Å². The highest BCUT2D eigenvalue weighted by molar-refractivity contribution is 7.91. The zero-order chi connectivity index (χ0) is 14.0. The van der Waals surface area contributed by atoms with Gasteiger partial charge in [0.25, 0.3) is 0 Å². The quantitative estimate of drug-likeness (QED) is 0.908. The highest BCUT2D eigenvalue weighted by atomic mass is 35.5. The van der Waals surface area contributed by atoms with Gasteiger partial charge < -0.3 is 10.2 Å². The largest absolute Gasteiger partial charge is 0.324 e. The van der Waals surface area contributed by atoms with Crippen molar-refractivity contribution in [1.29, 1.82) is 0 Å². The van der Waals surface area contributed by atoms with E-state index in [4.69, 9.17) is 11.6 Å². The lowest BCUT2D eigenvalue weighted by Gasteiger charge is -2.23. The van der Waals surface area contributed by atoms with Gasteiger partial charge in [-0.15, -0.1) is 0 Å². The number of carbonyl (C=O) groups is 1. The Morgan fingerprint density at radius 3 is 2.68 bits per heavy atom. The minimum absolute atomic E-state index is 0.0272. The van der Waals surface area contributed by atoms with Crippen LogP contribution >= 0.6 is 11.6 Å². The van der Waals surface area contributed by atoms with Crippen LogP contribution in [0.5, 0.6) is 0 Å². The zero-order valence-electron chi connectivity index (χ0n) is 10.5. The van der Waals surface area contributed by atoms with Crippen molar-refractivity contribution in [2.24, 2.45) is 0 Å². The molecule has 1 saturated heterocycles. The second kappa shape index (κ2) is 5.38. The van der Waals surface area contributed by atoms with Gasteiger partial charge in [-0.2, -0.15) is 0 Å². The van der Waals surface area contributed by atoms with Gasteiger partial charge in [0.2, 0.25) is 0 Å². The Bertz CT molecular complexity index is 588. The predicted octanol–water partition coefficient (Wildman–Crippen LogP) is 1.99. The summed E-state index contributed by atoms with van der Waals surface area (Å²) in [5.74, 6) is 0.167. The number of halogens is 1. The molecule has 2 rings (SSSR count). The van der Waals surface area contributed by atoms with Crippen LogP contribution in [0, 0.1) is 0 Å². The number of carbonyl (C=O) groups excluding carboxylic acids is 1. The Hall–Kier alpha value is -1.27. The Kier molecular flexibility index (Phi) is 4.01. The van der Waals surface area contributed by atoms with E-state index in [2.05, 4.69) is 5.32 Å². The third-order valence-electron chi connectivity index (χ3n) is 3.19.